The zero-order chi connectivity index (χ0) is 40.8. The van der Waals surface area contributed by atoms with Crippen LogP contribution in [-0.4, -0.2) is 64.7 Å². The average Bonchev–Trinajstić information content (AvgIpc) is 3.36. The number of aliphatic hydroxyl groups is 1. The predicted octanol–water partition coefficient (Wildman–Crippen LogP) is 8.98. The van der Waals surface area contributed by atoms with E-state index in [9.17, 15) is 24.6 Å². The molecule has 1 aromatic rings. The van der Waals surface area contributed by atoms with Gasteiger partial charge in [-0.05, 0) is 117 Å². The Morgan fingerprint density at radius 3 is 2.25 bits per heavy atom. The molecule has 0 aliphatic heterocycles. The summed E-state index contributed by atoms with van der Waals surface area (Å²) in [4.78, 5) is 41.0. The number of carbonyl (C=O) groups is 3. The number of allylic oxidation sites excluding steroid dienone is 1. The highest BCUT2D eigenvalue weighted by atomic mass is 16.5. The van der Waals surface area contributed by atoms with E-state index in [2.05, 4.69) is 72.4 Å². The Morgan fingerprint density at radius 2 is 1.65 bits per heavy atom. The van der Waals surface area contributed by atoms with Gasteiger partial charge in [0.25, 0.3) is 0 Å². The summed E-state index contributed by atoms with van der Waals surface area (Å²) in [6, 6.07) is 10.3. The van der Waals surface area contributed by atoms with Crippen molar-refractivity contribution in [3.8, 4) is 0 Å². The van der Waals surface area contributed by atoms with E-state index < -0.39 is 28.9 Å². The molecule has 55 heavy (non-hydrogen) atoms. The van der Waals surface area contributed by atoms with Crippen LogP contribution in [0.25, 0.3) is 0 Å². The molecular weight excluding hydrogens is 689 g/mol. The van der Waals surface area contributed by atoms with Crippen LogP contribution in [0.15, 0.2) is 41.5 Å². The van der Waals surface area contributed by atoms with Crippen LogP contribution in [0, 0.1) is 50.2 Å². The number of nitrogens with two attached hydrogens (primary N) is 1. The molecule has 0 heterocycles. The number of carboxylic acids is 1. The van der Waals surface area contributed by atoms with Gasteiger partial charge in [-0.25, -0.2) is 0 Å². The first kappa shape index (κ1) is 43.6. The van der Waals surface area contributed by atoms with Crippen molar-refractivity contribution in [2.24, 2.45) is 56.0 Å². The Morgan fingerprint density at radius 1 is 0.982 bits per heavy atom. The summed E-state index contributed by atoms with van der Waals surface area (Å²) in [7, 11) is 0. The average molecular weight is 763 g/mol. The molecule has 8 heteroatoms. The van der Waals surface area contributed by atoms with E-state index in [1.165, 1.54) is 12.0 Å². The maximum Gasteiger partial charge on any atom is 0.309 e. The van der Waals surface area contributed by atoms with Crippen molar-refractivity contribution in [3.05, 3.63) is 47.0 Å². The predicted molar refractivity (Wildman–Crippen MR) is 219 cm³/mol. The van der Waals surface area contributed by atoms with Crippen molar-refractivity contribution in [1.29, 1.82) is 0 Å². The molecule has 8 atom stereocenters. The van der Waals surface area contributed by atoms with Crippen LogP contribution >= 0.6 is 0 Å². The standard InChI is InChI=1S/C47H74N2O6/c1-31(2)40-32(3)47(27-34(40)50,37(51)30-49(26-25-48)29-33-15-12-11-13-16-33)24-23-44(8)20-14-17-36-45(9)21-19-38(55-39(52)28-42(4,5)41(53)54)43(6,7)35(45)18-22-46(36,44)10/h11-13,15-16,31,35-38,51H,14,17-30,48H2,1-10H3,(H,53,54)/t35-,36+,37-,38-,44-,45-,46+,47+/m0/s1. The highest BCUT2D eigenvalue weighted by molar-refractivity contribution is 6.00. The van der Waals surface area contributed by atoms with Gasteiger partial charge in [-0.3, -0.25) is 19.3 Å². The largest absolute Gasteiger partial charge is 0.481 e. The molecule has 0 unspecified atom stereocenters. The molecule has 0 aromatic heterocycles. The van der Waals surface area contributed by atoms with E-state index in [0.29, 0.717) is 44.4 Å². The molecule has 4 N–H and O–H groups in total. The number of nitrogens with zero attached hydrogens (tertiary/aromatic N) is 1. The fourth-order valence-electron chi connectivity index (χ4n) is 12.9. The van der Waals surface area contributed by atoms with Gasteiger partial charge in [0.15, 0.2) is 5.78 Å². The van der Waals surface area contributed by atoms with Crippen molar-refractivity contribution < 1.29 is 29.3 Å². The number of aliphatic carboxylic acids is 1. The molecule has 5 rings (SSSR count). The number of carboxylic acid groups (broad SMARTS) is 1. The van der Waals surface area contributed by atoms with Crippen LogP contribution in [0.2, 0.25) is 0 Å². The third-order valence-corrected chi connectivity index (χ3v) is 16.4. The lowest BCUT2D eigenvalue weighted by Crippen LogP contribution is -2.63. The molecule has 0 radical (unpaired) electrons. The number of Topliss-reactive ketones (excluding diaryl/α,β-unsaturated/α-hetero) is 1. The second-order valence-electron chi connectivity index (χ2n) is 20.7. The molecule has 4 aliphatic rings. The lowest BCUT2D eigenvalue weighted by molar-refractivity contribution is -0.221. The molecule has 308 valence electrons. The second kappa shape index (κ2) is 16.0. The van der Waals surface area contributed by atoms with Crippen molar-refractivity contribution >= 4 is 17.7 Å². The SMILES string of the molecule is CC1=C(C(C)C)C(=O)C[C@@]1(CC[C@]1(C)CCC[C@@H]2[C@@]3(C)CC[C@H](OC(=O)CC(C)(C)C(=O)O)C(C)(C)[C@@H]3CC[C@]21C)[C@@H](O)CN(CCN)Cc1ccccc1. The number of hydrogen-bond acceptors (Lipinski definition) is 7. The van der Waals surface area contributed by atoms with E-state index in [1.54, 1.807) is 13.8 Å². The molecule has 8 nitrogen and oxygen atoms in total. The van der Waals surface area contributed by atoms with Gasteiger partial charge in [-0.15, -0.1) is 0 Å². The minimum Gasteiger partial charge on any atom is -0.481 e. The maximum atomic E-state index is 13.9. The summed E-state index contributed by atoms with van der Waals surface area (Å²) < 4.78 is 6.17. The number of ketones is 1. The Bertz CT molecular complexity index is 1600. The van der Waals surface area contributed by atoms with Gasteiger partial charge in [0.05, 0.1) is 17.9 Å². The summed E-state index contributed by atoms with van der Waals surface area (Å²) >= 11 is 0. The monoisotopic (exact) mass is 763 g/mol. The number of ether oxygens (including phenoxy) is 1. The van der Waals surface area contributed by atoms with Crippen LogP contribution in [0.1, 0.15) is 145 Å². The van der Waals surface area contributed by atoms with Crippen molar-refractivity contribution in [2.45, 2.75) is 159 Å². The highest BCUT2D eigenvalue weighted by Crippen LogP contribution is 2.72. The van der Waals surface area contributed by atoms with Crippen LogP contribution < -0.4 is 5.73 Å². The Kier molecular flexibility index (Phi) is 12.7. The zero-order valence-electron chi connectivity index (χ0n) is 35.9. The van der Waals surface area contributed by atoms with Gasteiger partial charge in [-0.1, -0.05) is 90.8 Å². The van der Waals surface area contributed by atoms with Crippen LogP contribution in [0.4, 0.5) is 0 Å². The first-order valence-electron chi connectivity index (χ1n) is 21.4. The third kappa shape index (κ3) is 7.99. The normalized spacial score (nSPS) is 34.1. The molecule has 4 aliphatic carbocycles. The third-order valence-electron chi connectivity index (χ3n) is 16.4. The fraction of sp³-hybridized carbons (Fsp3) is 0.766. The summed E-state index contributed by atoms with van der Waals surface area (Å²) in [6.07, 6.45) is 8.39. The van der Waals surface area contributed by atoms with Gasteiger partial charge < -0.3 is 20.7 Å². The fourth-order valence-corrected chi connectivity index (χ4v) is 12.9. The molecule has 3 saturated carbocycles. The summed E-state index contributed by atoms with van der Waals surface area (Å²) in [5, 5.41) is 22.1. The molecule has 3 fully saturated rings. The van der Waals surface area contributed by atoms with E-state index >= 15 is 0 Å². The highest BCUT2D eigenvalue weighted by Gasteiger charge is 2.66. The lowest BCUT2D eigenvalue weighted by Gasteiger charge is -2.69. The number of fused-ring (bicyclic) bond motifs is 3. The smallest absolute Gasteiger partial charge is 0.309 e. The maximum absolute atomic E-state index is 13.9. The first-order valence-corrected chi connectivity index (χ1v) is 21.4. The Labute approximate surface area is 332 Å². The number of hydrogen-bond donors (Lipinski definition) is 3. The van der Waals surface area contributed by atoms with E-state index in [1.807, 2.05) is 18.2 Å². The van der Waals surface area contributed by atoms with E-state index in [-0.39, 0.29) is 45.9 Å². The summed E-state index contributed by atoms with van der Waals surface area (Å²) in [5.41, 5.74) is 7.44. The zero-order valence-corrected chi connectivity index (χ0v) is 35.9. The number of aliphatic hydroxyl groups excluding tert-OH is 1. The molecule has 0 spiro atoms. The molecular formula is C47H74N2O6. The van der Waals surface area contributed by atoms with Crippen LogP contribution in [-0.2, 0) is 25.7 Å². The topological polar surface area (TPSA) is 130 Å². The lowest BCUT2D eigenvalue weighted by atomic mass is 9.36. The van der Waals surface area contributed by atoms with Crippen molar-refractivity contribution in [1.82, 2.24) is 4.90 Å². The molecule has 0 saturated heterocycles. The van der Waals surface area contributed by atoms with Crippen molar-refractivity contribution in [3.63, 3.8) is 0 Å². The van der Waals surface area contributed by atoms with Gasteiger partial charge in [0.1, 0.15) is 6.10 Å². The number of benzene rings is 1. The number of rotatable bonds is 15. The van der Waals surface area contributed by atoms with Gasteiger partial charge in [0, 0.05) is 43.4 Å². The minimum atomic E-state index is -1.17. The summed E-state index contributed by atoms with van der Waals surface area (Å²) in [5.74, 6) is -0.240. The number of carbonyl (C=O) groups excluding carboxylic acids is 2. The van der Waals surface area contributed by atoms with E-state index in [0.717, 1.165) is 62.5 Å². The molecule has 1 aromatic carbocycles. The molecule has 0 bridgehead atoms. The molecule has 0 amide bonds. The quantitative estimate of drug-likeness (QED) is 0.151. The van der Waals surface area contributed by atoms with Crippen molar-refractivity contribution in [2.75, 3.05) is 19.6 Å². The van der Waals surface area contributed by atoms with Gasteiger partial charge in [-0.2, -0.15) is 0 Å². The second-order valence-corrected chi connectivity index (χ2v) is 20.7. The summed E-state index contributed by atoms with van der Waals surface area (Å²) in [6.45, 7) is 24.0. The van der Waals surface area contributed by atoms with Crippen LogP contribution in [0.5, 0.6) is 0 Å². The van der Waals surface area contributed by atoms with Gasteiger partial charge in [0.2, 0.25) is 0 Å². The first-order chi connectivity index (χ1) is 25.6. The van der Waals surface area contributed by atoms with E-state index in [4.69, 9.17) is 10.5 Å². The Balaban J connectivity index is 1.39. The van der Waals surface area contributed by atoms with Crippen LogP contribution in [0.3, 0.4) is 0 Å². The van der Waals surface area contributed by atoms with Gasteiger partial charge >= 0.3 is 11.9 Å². The minimum absolute atomic E-state index is 0.0252. The number of esters is 1. The Hall–Kier alpha value is -2.55.